The molecule has 5 nitrogen and oxygen atoms in total. The van der Waals surface area contributed by atoms with Crippen LogP contribution in [0.25, 0.3) is 5.69 Å². The minimum atomic E-state index is 0.0489. The van der Waals surface area contributed by atoms with E-state index in [-0.39, 0.29) is 5.78 Å². The normalized spacial score (nSPS) is 10.7. The van der Waals surface area contributed by atoms with Crippen molar-refractivity contribution in [2.24, 2.45) is 0 Å². The average molecular weight is 280 g/mol. The first-order valence-corrected chi connectivity index (χ1v) is 6.91. The molecule has 106 valence electrons. The molecule has 21 heavy (non-hydrogen) atoms. The van der Waals surface area contributed by atoms with E-state index in [1.54, 1.807) is 23.3 Å². The highest BCUT2D eigenvalue weighted by Gasteiger charge is 2.11. The lowest BCUT2D eigenvalue weighted by Crippen LogP contribution is -2.02. The monoisotopic (exact) mass is 280 g/mol. The van der Waals surface area contributed by atoms with Crippen LogP contribution in [0.3, 0.4) is 0 Å². The molecule has 5 heteroatoms. The van der Waals surface area contributed by atoms with Crippen LogP contribution < -0.4 is 0 Å². The van der Waals surface area contributed by atoms with Crippen molar-refractivity contribution < 1.29 is 4.79 Å². The van der Waals surface area contributed by atoms with Gasteiger partial charge in [-0.25, -0.2) is 4.68 Å². The van der Waals surface area contributed by atoms with Gasteiger partial charge in [0.05, 0.1) is 23.6 Å². The summed E-state index contributed by atoms with van der Waals surface area (Å²) in [7, 11) is 0. The van der Waals surface area contributed by atoms with Gasteiger partial charge in [-0.1, -0.05) is 18.2 Å². The number of benzene rings is 1. The second kappa shape index (κ2) is 5.75. The number of carbonyl (C=O) groups is 1. The van der Waals surface area contributed by atoms with Gasteiger partial charge >= 0.3 is 0 Å². The highest BCUT2D eigenvalue weighted by molar-refractivity contribution is 5.97. The van der Waals surface area contributed by atoms with Crippen molar-refractivity contribution in [1.29, 1.82) is 0 Å². The molecule has 0 fully saturated rings. The molecule has 0 atom stereocenters. The molecule has 1 aromatic carbocycles. The molecule has 3 rings (SSSR count). The van der Waals surface area contributed by atoms with Gasteiger partial charge in [0, 0.05) is 25.4 Å². The average Bonchev–Trinajstić information content (AvgIpc) is 3.17. The zero-order chi connectivity index (χ0) is 14.7. The van der Waals surface area contributed by atoms with Crippen LogP contribution in [0, 0.1) is 0 Å². The number of aromatic nitrogens is 4. The standard InChI is InChI=1S/C16H16N4O/c1-2-19-11-13(9-17-19)8-16(21)14-10-18-20(12-14)15-6-4-3-5-7-15/h3-7,9-12H,2,8H2,1H3. The van der Waals surface area contributed by atoms with E-state index in [0.29, 0.717) is 12.0 Å². The second-order valence-corrected chi connectivity index (χ2v) is 4.81. The lowest BCUT2D eigenvalue weighted by Gasteiger charge is -1.99. The number of hydrogen-bond acceptors (Lipinski definition) is 3. The van der Waals surface area contributed by atoms with Crippen LogP contribution in [0.5, 0.6) is 0 Å². The summed E-state index contributed by atoms with van der Waals surface area (Å²) in [6.07, 6.45) is 7.37. The minimum Gasteiger partial charge on any atom is -0.294 e. The summed E-state index contributed by atoms with van der Waals surface area (Å²) in [4.78, 5) is 12.3. The third kappa shape index (κ3) is 2.91. The Kier molecular flexibility index (Phi) is 3.64. The SMILES string of the molecule is CCn1cc(CC(=O)c2cnn(-c3ccccc3)c2)cn1. The van der Waals surface area contributed by atoms with E-state index in [2.05, 4.69) is 10.2 Å². The summed E-state index contributed by atoms with van der Waals surface area (Å²) in [6.45, 7) is 2.82. The first-order valence-electron chi connectivity index (χ1n) is 6.91. The summed E-state index contributed by atoms with van der Waals surface area (Å²) in [5.41, 5.74) is 2.48. The molecule has 2 aromatic heterocycles. The van der Waals surface area contributed by atoms with Crippen LogP contribution in [0.2, 0.25) is 0 Å². The van der Waals surface area contributed by atoms with Crippen LogP contribution in [-0.2, 0) is 13.0 Å². The third-order valence-electron chi connectivity index (χ3n) is 3.30. The number of nitrogens with zero attached hydrogens (tertiary/aromatic N) is 4. The Balaban J connectivity index is 1.75. The Morgan fingerprint density at radius 3 is 2.62 bits per heavy atom. The van der Waals surface area contributed by atoms with Crippen LogP contribution in [-0.4, -0.2) is 25.3 Å². The van der Waals surface area contributed by atoms with Crippen molar-refractivity contribution in [1.82, 2.24) is 19.6 Å². The van der Waals surface area contributed by atoms with Gasteiger partial charge < -0.3 is 0 Å². The van der Waals surface area contributed by atoms with Crippen molar-refractivity contribution in [2.45, 2.75) is 19.9 Å². The van der Waals surface area contributed by atoms with Gasteiger partial charge in [-0.2, -0.15) is 10.2 Å². The van der Waals surface area contributed by atoms with Crippen LogP contribution in [0.15, 0.2) is 55.1 Å². The van der Waals surface area contributed by atoms with Gasteiger partial charge in [0.25, 0.3) is 0 Å². The molecule has 0 aliphatic heterocycles. The molecule has 0 saturated carbocycles. The lowest BCUT2D eigenvalue weighted by molar-refractivity contribution is 0.0993. The fraction of sp³-hybridized carbons (Fsp3) is 0.188. The Labute approximate surface area is 122 Å². The van der Waals surface area contributed by atoms with Crippen LogP contribution in [0.1, 0.15) is 22.8 Å². The van der Waals surface area contributed by atoms with Crippen molar-refractivity contribution in [3.05, 3.63) is 66.2 Å². The molecular weight excluding hydrogens is 264 g/mol. The highest BCUT2D eigenvalue weighted by atomic mass is 16.1. The van der Waals surface area contributed by atoms with E-state index >= 15 is 0 Å². The van der Waals surface area contributed by atoms with Gasteiger partial charge in [-0.3, -0.25) is 9.48 Å². The fourth-order valence-corrected chi connectivity index (χ4v) is 2.15. The quantitative estimate of drug-likeness (QED) is 0.675. The van der Waals surface area contributed by atoms with E-state index in [4.69, 9.17) is 0 Å². The van der Waals surface area contributed by atoms with E-state index in [0.717, 1.165) is 17.8 Å². The molecule has 0 N–H and O–H groups in total. The molecule has 2 heterocycles. The van der Waals surface area contributed by atoms with Gasteiger partial charge in [-0.05, 0) is 24.6 Å². The number of hydrogen-bond donors (Lipinski definition) is 0. The molecule has 0 bridgehead atoms. The van der Waals surface area contributed by atoms with Crippen LogP contribution in [0.4, 0.5) is 0 Å². The summed E-state index contributed by atoms with van der Waals surface area (Å²) in [6, 6.07) is 9.73. The maximum Gasteiger partial charge on any atom is 0.170 e. The number of carbonyl (C=O) groups excluding carboxylic acids is 1. The first kappa shape index (κ1) is 13.3. The Morgan fingerprint density at radius 1 is 1.10 bits per heavy atom. The maximum absolute atomic E-state index is 12.3. The van der Waals surface area contributed by atoms with E-state index < -0.39 is 0 Å². The maximum atomic E-state index is 12.3. The molecule has 0 aliphatic carbocycles. The van der Waals surface area contributed by atoms with Gasteiger partial charge in [0.15, 0.2) is 5.78 Å². The van der Waals surface area contributed by atoms with Gasteiger partial charge in [0.2, 0.25) is 0 Å². The van der Waals surface area contributed by atoms with E-state index in [1.165, 1.54) is 0 Å². The topological polar surface area (TPSA) is 52.7 Å². The Hall–Kier alpha value is -2.69. The molecule has 0 spiro atoms. The number of rotatable bonds is 5. The molecule has 0 radical (unpaired) electrons. The fourth-order valence-electron chi connectivity index (χ4n) is 2.15. The van der Waals surface area contributed by atoms with Crippen molar-refractivity contribution in [2.75, 3.05) is 0 Å². The summed E-state index contributed by atoms with van der Waals surface area (Å²) < 4.78 is 3.53. The van der Waals surface area contributed by atoms with Gasteiger partial charge in [-0.15, -0.1) is 0 Å². The predicted molar refractivity (Wildman–Crippen MR) is 79.5 cm³/mol. The summed E-state index contributed by atoms with van der Waals surface area (Å²) in [5.74, 6) is 0.0489. The number of ketones is 1. The molecule has 0 unspecified atom stereocenters. The number of Topliss-reactive ketones (excluding diaryl/α,β-unsaturated/α-hetero) is 1. The zero-order valence-electron chi connectivity index (χ0n) is 11.8. The molecule has 0 amide bonds. The third-order valence-corrected chi connectivity index (χ3v) is 3.30. The van der Waals surface area contributed by atoms with E-state index in [1.807, 2.05) is 48.1 Å². The Morgan fingerprint density at radius 2 is 1.90 bits per heavy atom. The van der Waals surface area contributed by atoms with Gasteiger partial charge in [0.1, 0.15) is 0 Å². The zero-order valence-corrected chi connectivity index (χ0v) is 11.8. The number of aryl methyl sites for hydroxylation is 1. The van der Waals surface area contributed by atoms with Crippen molar-refractivity contribution in [3.8, 4) is 5.69 Å². The smallest absolute Gasteiger partial charge is 0.170 e. The Bertz CT molecular complexity index is 742. The minimum absolute atomic E-state index is 0.0489. The second-order valence-electron chi connectivity index (χ2n) is 4.81. The van der Waals surface area contributed by atoms with E-state index in [9.17, 15) is 4.79 Å². The summed E-state index contributed by atoms with van der Waals surface area (Å²) in [5, 5.41) is 8.42. The predicted octanol–water partition coefficient (Wildman–Crippen LogP) is 2.51. The molecule has 3 aromatic rings. The summed E-state index contributed by atoms with van der Waals surface area (Å²) >= 11 is 0. The number of para-hydroxylation sites is 1. The van der Waals surface area contributed by atoms with Crippen LogP contribution >= 0.6 is 0 Å². The molecule has 0 saturated heterocycles. The van der Waals surface area contributed by atoms with Crippen molar-refractivity contribution in [3.63, 3.8) is 0 Å². The van der Waals surface area contributed by atoms with Crippen molar-refractivity contribution >= 4 is 5.78 Å². The highest BCUT2D eigenvalue weighted by Crippen LogP contribution is 2.10. The largest absolute Gasteiger partial charge is 0.294 e. The molecule has 0 aliphatic rings. The first-order chi connectivity index (χ1) is 10.3. The molecular formula is C16H16N4O. The lowest BCUT2D eigenvalue weighted by atomic mass is 10.1.